The van der Waals surface area contributed by atoms with E-state index < -0.39 is 5.60 Å². The van der Waals surface area contributed by atoms with Crippen LogP contribution in [0.5, 0.6) is 0 Å². The maximum atomic E-state index is 10.1. The van der Waals surface area contributed by atoms with E-state index in [-0.39, 0.29) is 12.7 Å². The van der Waals surface area contributed by atoms with Gasteiger partial charge in [-0.1, -0.05) is 56.6 Å². The first-order valence-electron chi connectivity index (χ1n) is 12.3. The Kier molecular flexibility index (Phi) is 7.69. The molecule has 3 rings (SSSR count). The normalized spacial score (nSPS) is 37.9. The van der Waals surface area contributed by atoms with Crippen LogP contribution in [-0.4, -0.2) is 33.6 Å². The Morgan fingerprint density at radius 1 is 1.23 bits per heavy atom. The zero-order chi connectivity index (χ0) is 21.9. The highest BCUT2D eigenvalue weighted by Gasteiger charge is 2.50. The molecule has 3 fully saturated rings. The topological polar surface area (TPSA) is 60.7 Å². The molecule has 6 atom stereocenters. The van der Waals surface area contributed by atoms with E-state index in [0.717, 1.165) is 38.0 Å². The summed E-state index contributed by atoms with van der Waals surface area (Å²) in [6.45, 7) is 10.7. The fraction of sp³-hybridized carbons (Fsp3) is 0.778. The minimum Gasteiger partial charge on any atom is -0.393 e. The van der Waals surface area contributed by atoms with Crippen molar-refractivity contribution in [1.29, 1.82) is 0 Å². The van der Waals surface area contributed by atoms with E-state index in [2.05, 4.69) is 32.6 Å². The Morgan fingerprint density at radius 3 is 2.73 bits per heavy atom. The summed E-state index contributed by atoms with van der Waals surface area (Å²) in [7, 11) is 0. The van der Waals surface area contributed by atoms with E-state index in [1.165, 1.54) is 43.3 Å². The van der Waals surface area contributed by atoms with Crippen LogP contribution < -0.4 is 0 Å². The van der Waals surface area contributed by atoms with Gasteiger partial charge in [0, 0.05) is 0 Å². The molecule has 0 unspecified atom stereocenters. The van der Waals surface area contributed by atoms with Gasteiger partial charge in [0.05, 0.1) is 18.3 Å². The van der Waals surface area contributed by atoms with Crippen molar-refractivity contribution >= 4 is 0 Å². The number of fused-ring (bicyclic) bond motifs is 1. The summed E-state index contributed by atoms with van der Waals surface area (Å²) in [5.74, 6) is 2.07. The number of hydrogen-bond acceptors (Lipinski definition) is 3. The van der Waals surface area contributed by atoms with Gasteiger partial charge in [-0.2, -0.15) is 0 Å². The highest BCUT2D eigenvalue weighted by Crippen LogP contribution is 2.60. The maximum Gasteiger partial charge on any atom is 0.0849 e. The molecule has 0 amide bonds. The molecule has 0 aromatic carbocycles. The summed E-state index contributed by atoms with van der Waals surface area (Å²) in [5, 5.41) is 29.4. The Bertz CT molecular complexity index is 674. The number of hydrogen-bond donors (Lipinski definition) is 3. The Hall–Kier alpha value is -0.900. The van der Waals surface area contributed by atoms with Crippen molar-refractivity contribution < 1.29 is 15.3 Å². The molecule has 0 heterocycles. The van der Waals surface area contributed by atoms with Crippen molar-refractivity contribution in [2.24, 2.45) is 23.2 Å². The average molecular weight is 417 g/mol. The number of allylic oxidation sites excluding steroid dienone is 4. The largest absolute Gasteiger partial charge is 0.393 e. The molecule has 3 nitrogen and oxygen atoms in total. The first-order chi connectivity index (χ1) is 14.2. The third-order valence-electron chi connectivity index (χ3n) is 8.63. The lowest BCUT2D eigenvalue weighted by molar-refractivity contribution is -0.00891. The molecular weight excluding hydrogens is 372 g/mol. The second-order valence-corrected chi connectivity index (χ2v) is 11.1. The molecule has 0 radical (unpaired) electrons. The SMILES string of the molecule is C=C1CC[C@H](O)C/C1=C/C=C1\CCC[C@]2(C)[C@@H]([C@H](C)CCC[C@@](C)(O)CO)CC[C@@H]12. The molecular formula is C27H44O3. The van der Waals surface area contributed by atoms with E-state index in [9.17, 15) is 15.3 Å². The predicted molar refractivity (Wildman–Crippen MR) is 124 cm³/mol. The van der Waals surface area contributed by atoms with E-state index in [1.54, 1.807) is 12.5 Å². The molecule has 3 saturated carbocycles. The number of aliphatic hydroxyl groups excluding tert-OH is 2. The van der Waals surface area contributed by atoms with Crippen molar-refractivity contribution in [2.45, 2.75) is 103 Å². The monoisotopic (exact) mass is 416 g/mol. The van der Waals surface area contributed by atoms with Gasteiger partial charge in [-0.3, -0.25) is 0 Å². The van der Waals surface area contributed by atoms with E-state index in [1.807, 2.05) is 0 Å². The van der Waals surface area contributed by atoms with Crippen LogP contribution in [0, 0.1) is 23.2 Å². The molecule has 0 bridgehead atoms. The Balaban J connectivity index is 1.66. The smallest absolute Gasteiger partial charge is 0.0849 e. The zero-order valence-corrected chi connectivity index (χ0v) is 19.5. The van der Waals surface area contributed by atoms with Crippen molar-refractivity contribution in [3.63, 3.8) is 0 Å². The molecule has 3 heteroatoms. The summed E-state index contributed by atoms with van der Waals surface area (Å²) >= 11 is 0. The van der Waals surface area contributed by atoms with Crippen LogP contribution in [0.15, 0.2) is 35.5 Å². The van der Waals surface area contributed by atoms with Gasteiger partial charge >= 0.3 is 0 Å². The second kappa shape index (κ2) is 9.71. The van der Waals surface area contributed by atoms with E-state index in [0.29, 0.717) is 23.7 Å². The van der Waals surface area contributed by atoms with Gasteiger partial charge in [-0.15, -0.1) is 0 Å². The molecule has 0 aliphatic heterocycles. The summed E-state index contributed by atoms with van der Waals surface area (Å²) in [6.07, 6.45) is 16.1. The van der Waals surface area contributed by atoms with Crippen LogP contribution in [0.3, 0.4) is 0 Å². The van der Waals surface area contributed by atoms with Gasteiger partial charge in [0.15, 0.2) is 0 Å². The quantitative estimate of drug-likeness (QED) is 0.498. The Labute approximate surface area is 184 Å². The summed E-state index contributed by atoms with van der Waals surface area (Å²) in [5.41, 5.74) is 3.50. The number of rotatable bonds is 7. The average Bonchev–Trinajstić information content (AvgIpc) is 3.06. The molecule has 0 spiro atoms. The van der Waals surface area contributed by atoms with Gasteiger partial charge in [-0.25, -0.2) is 0 Å². The van der Waals surface area contributed by atoms with Gasteiger partial charge in [0.1, 0.15) is 0 Å². The standard InChI is InChI=1S/C27H44O3/c1-19-9-12-23(29)17-22(19)11-10-21-8-6-16-27(4)24(13-14-25(21)27)20(2)7-5-15-26(3,30)18-28/h10-11,20,23-25,28-30H,1,5-9,12-18H2,2-4H3/b21-10+,22-11-/t20-,23+,24-,25+,26-,27-/m1/s1. The van der Waals surface area contributed by atoms with Gasteiger partial charge in [0.25, 0.3) is 0 Å². The molecule has 3 aliphatic carbocycles. The Morgan fingerprint density at radius 2 is 2.00 bits per heavy atom. The lowest BCUT2D eigenvalue weighted by atomic mass is 9.60. The van der Waals surface area contributed by atoms with Crippen LogP contribution in [0.2, 0.25) is 0 Å². The molecule has 30 heavy (non-hydrogen) atoms. The second-order valence-electron chi connectivity index (χ2n) is 11.1. The molecule has 3 aliphatic rings. The van der Waals surface area contributed by atoms with Crippen molar-refractivity contribution in [3.05, 3.63) is 35.5 Å². The van der Waals surface area contributed by atoms with Gasteiger partial charge in [0.2, 0.25) is 0 Å². The summed E-state index contributed by atoms with van der Waals surface area (Å²) in [6, 6.07) is 0. The molecule has 170 valence electrons. The van der Waals surface area contributed by atoms with Crippen LogP contribution in [-0.2, 0) is 0 Å². The molecule has 0 saturated heterocycles. The minimum atomic E-state index is -0.938. The first kappa shape index (κ1) is 23.8. The minimum absolute atomic E-state index is 0.155. The third kappa shape index (κ3) is 5.29. The maximum absolute atomic E-state index is 10.1. The lowest BCUT2D eigenvalue weighted by Crippen LogP contribution is -2.36. The van der Waals surface area contributed by atoms with Crippen LogP contribution in [0.4, 0.5) is 0 Å². The molecule has 0 aromatic rings. The van der Waals surface area contributed by atoms with Crippen LogP contribution in [0.25, 0.3) is 0 Å². The predicted octanol–water partition coefficient (Wildman–Crippen LogP) is 5.71. The lowest BCUT2D eigenvalue weighted by Gasteiger charge is -2.44. The first-order valence-corrected chi connectivity index (χ1v) is 12.3. The number of aliphatic hydroxyl groups is 3. The van der Waals surface area contributed by atoms with Crippen LogP contribution in [0.1, 0.15) is 91.4 Å². The van der Waals surface area contributed by atoms with Gasteiger partial charge in [-0.05, 0) is 93.5 Å². The summed E-state index contributed by atoms with van der Waals surface area (Å²) in [4.78, 5) is 0. The fourth-order valence-corrected chi connectivity index (χ4v) is 6.69. The highest BCUT2D eigenvalue weighted by atomic mass is 16.3. The van der Waals surface area contributed by atoms with E-state index in [4.69, 9.17) is 0 Å². The summed E-state index contributed by atoms with van der Waals surface area (Å²) < 4.78 is 0. The van der Waals surface area contributed by atoms with Crippen molar-refractivity contribution in [2.75, 3.05) is 6.61 Å². The van der Waals surface area contributed by atoms with Crippen molar-refractivity contribution in [3.8, 4) is 0 Å². The fourth-order valence-electron chi connectivity index (χ4n) is 6.69. The van der Waals surface area contributed by atoms with Gasteiger partial charge < -0.3 is 15.3 Å². The molecule has 3 N–H and O–H groups in total. The highest BCUT2D eigenvalue weighted by molar-refractivity contribution is 5.36. The zero-order valence-electron chi connectivity index (χ0n) is 19.5. The third-order valence-corrected chi connectivity index (χ3v) is 8.63. The van der Waals surface area contributed by atoms with Crippen LogP contribution >= 0.6 is 0 Å². The molecule has 0 aromatic heterocycles. The van der Waals surface area contributed by atoms with Crippen molar-refractivity contribution in [1.82, 2.24) is 0 Å². The van der Waals surface area contributed by atoms with E-state index >= 15 is 0 Å².